The first-order valence-electron chi connectivity index (χ1n) is 37.4. The molecule has 116 heavy (non-hydrogen) atoms. The van der Waals surface area contributed by atoms with Crippen LogP contribution in [0.1, 0.15) is 160 Å². The first kappa shape index (κ1) is 98.7. The zero-order chi connectivity index (χ0) is 81.8. The van der Waals surface area contributed by atoms with Gasteiger partial charge in [0.2, 0.25) is 23.6 Å². The summed E-state index contributed by atoms with van der Waals surface area (Å²) in [4.78, 5) is 132. The minimum atomic E-state index is -3.87. The molecule has 34 nitrogen and oxygen atoms in total. The predicted molar refractivity (Wildman–Crippen MR) is 419 cm³/mol. The number of benzene rings is 2. The number of hydrogen-bond acceptors (Lipinski definition) is 28. The third-order valence-corrected chi connectivity index (χ3v) is 21.2. The van der Waals surface area contributed by atoms with Crippen molar-refractivity contribution in [1.82, 2.24) is 71.4 Å². The number of H-pyrrole nitrogens is 1. The number of fused-ring (bicyclic) bond motifs is 4. The van der Waals surface area contributed by atoms with E-state index in [1.807, 2.05) is 83.6 Å². The minimum Gasteiger partial charge on any atom is -1.00 e. The summed E-state index contributed by atoms with van der Waals surface area (Å²) >= 11 is 2.97. The molecule has 8 heterocycles. The quantitative estimate of drug-likeness (QED) is 0.0177. The molecule has 2 saturated heterocycles. The number of alkyl carbamates (subject to hydrolysis) is 2. The number of hydrogen-bond donors (Lipinski definition) is 5. The van der Waals surface area contributed by atoms with Crippen molar-refractivity contribution in [3.8, 4) is 55.4 Å². The number of carbonyl (C=O) groups excluding carboxylic acids is 9. The van der Waals surface area contributed by atoms with Crippen molar-refractivity contribution in [2.24, 2.45) is 11.8 Å². The third kappa shape index (κ3) is 27.4. The fraction of sp³-hybridized carbons (Fsp3) is 0.545. The van der Waals surface area contributed by atoms with Gasteiger partial charge in [0.05, 0.1) is 45.8 Å². The van der Waals surface area contributed by atoms with E-state index < -0.39 is 116 Å². The van der Waals surface area contributed by atoms with Crippen LogP contribution in [0, 0.1) is 11.8 Å². The van der Waals surface area contributed by atoms with E-state index in [1.54, 1.807) is 86.8 Å². The number of aromatic nitrogens is 8. The second-order valence-electron chi connectivity index (χ2n) is 29.6. The molecule has 6 amide bonds. The van der Waals surface area contributed by atoms with Gasteiger partial charge in [-0.1, -0.05) is 57.4 Å². The fourth-order valence-electron chi connectivity index (χ4n) is 13.6. The Bertz CT molecular complexity index is 4430. The molecule has 0 radical (unpaired) electrons. The Hall–Kier alpha value is -6.14. The van der Waals surface area contributed by atoms with Crippen LogP contribution in [0.25, 0.3) is 43.9 Å². The molecular weight excluding hydrogens is 1800 g/mol. The Morgan fingerprint density at radius 2 is 1.07 bits per heavy atom. The van der Waals surface area contributed by atoms with Crippen molar-refractivity contribution in [3.63, 3.8) is 0 Å². The van der Waals surface area contributed by atoms with Crippen molar-refractivity contribution < 1.29 is 234 Å². The largest absolute Gasteiger partial charge is 1.00 e. The average Bonchev–Trinajstić information content (AvgIpc) is 1.58. The van der Waals surface area contributed by atoms with E-state index in [9.17, 15) is 46.8 Å². The summed E-state index contributed by atoms with van der Waals surface area (Å²) in [7, 11) is -0.629. The van der Waals surface area contributed by atoms with Gasteiger partial charge in [-0.15, -0.1) is 27.8 Å². The number of ether oxygens (including phenoxy) is 6. The SMILES string of the molecule is C.CCOC(=O)[C@@]12C[C@H]1/C=C\CCCCC[C@H](NC(=O)OC(C)(C)C)C(=O)N1CC(n3nc(-c4ccc(OC)cc4)c(-c4nccs4)n3)C[C@H]1C(=O)N2.CCOC(=O)[C@@]12C[C@H]1/C=C\CCCCC[C@H](NC(=O)OC(C)(C)C)C(=O)N1C[C@@H](OS(C)(=O)=O)C[C@H]1C(=O)N2.COc1ccc(-c2n[nH]nc2-c2nccs2)cc1.O=CO[O-].[Cs+].[Cs+].[H-]. The summed E-state index contributed by atoms with van der Waals surface area (Å²) in [5, 5.41) is 45.8. The molecule has 2 aromatic carbocycles. The van der Waals surface area contributed by atoms with Crippen LogP contribution in [0.4, 0.5) is 9.59 Å². The number of rotatable bonds is 16. The van der Waals surface area contributed by atoms with Crippen molar-refractivity contribution in [3.05, 3.63) is 96.0 Å². The summed E-state index contributed by atoms with van der Waals surface area (Å²) in [6.45, 7) is 13.8. The van der Waals surface area contributed by atoms with Crippen LogP contribution in [-0.2, 0) is 71.7 Å². The molecule has 6 aliphatic rings. The van der Waals surface area contributed by atoms with Crippen LogP contribution >= 0.6 is 22.7 Å². The predicted octanol–water partition coefficient (Wildman–Crippen LogP) is 2.65. The summed E-state index contributed by atoms with van der Waals surface area (Å²) in [6.07, 6.45) is 17.5. The summed E-state index contributed by atoms with van der Waals surface area (Å²) < 4.78 is 60.9. The molecule has 4 aromatic heterocycles. The first-order valence-corrected chi connectivity index (χ1v) is 40.9. The van der Waals surface area contributed by atoms with Crippen LogP contribution in [0.3, 0.4) is 0 Å². The number of methoxy groups -OCH3 is 2. The standard InChI is InChI=1S/C37H47N7O7S.C26H41N3O9S.C12H10N4OS.CH2O3.CH4.2Cs.H/c1-6-50-34(47)37-21-24(37)12-10-8-7-9-11-13-27(39-35(48)51-36(2,3)4)33(46)43-22-25(20-28(43)31(45)40-37)44-41-29(23-14-16-26(49-5)17-15-23)30(42-44)32-38-18-19-52-32;1-6-36-23(32)26-15-17(26)12-10-8-7-9-11-13-19(27-24(33)37-25(2,3)4)22(31)29-16-18(38-39(5,34)35)14-20(29)21(30)28-26;1-17-9-4-2-8(3-5-9)10-11(15-16-14-10)12-13-6-7-18-12;2-1-4-3;;;;/h10,12,14-19,24-25,27-28H,6-9,11,13,20-22H2,1-5H3,(H,39,48)(H,40,45);10,12,17-20H,6-9,11,13-16H2,1-5H3,(H,27,33)(H,28,30);2-7H,1H3,(H,14,15,16);1,3H;1H4;;;/q;;;;;2*+1;-1/p-1/b2*12-10-;;;;;;/t24-,25?,27+,28+,37-;17-,18+,19+,20+,26-;;;;;;/m11....../s1. The van der Waals surface area contributed by atoms with Crippen LogP contribution in [0.15, 0.2) is 96.0 Å². The van der Waals surface area contributed by atoms with E-state index in [0.717, 1.165) is 78.1 Å². The van der Waals surface area contributed by atoms with Crippen LogP contribution in [0.2, 0.25) is 0 Å². The molecule has 12 rings (SSSR count). The van der Waals surface area contributed by atoms with E-state index >= 15 is 0 Å². The summed E-state index contributed by atoms with van der Waals surface area (Å²) in [5.74, 6) is -2.06. The molecule has 39 heteroatoms. The molecule has 0 spiro atoms. The summed E-state index contributed by atoms with van der Waals surface area (Å²) in [6, 6.07) is 10.6. The zero-order valence-electron chi connectivity index (χ0n) is 68.1. The molecule has 4 aliphatic heterocycles. The van der Waals surface area contributed by atoms with E-state index in [0.29, 0.717) is 60.7 Å². The third-order valence-electron chi connectivity index (χ3n) is 19.0. The molecular formula is C77H104Cs2N14O20S3. The molecule has 1 unspecified atom stereocenters. The minimum absolute atomic E-state index is 0. The maximum Gasteiger partial charge on any atom is 1.00 e. The smallest absolute Gasteiger partial charge is 1.00 e. The van der Waals surface area contributed by atoms with Gasteiger partial charge in [0.25, 0.3) is 16.6 Å². The van der Waals surface area contributed by atoms with E-state index in [4.69, 9.17) is 52.9 Å². The zero-order valence-corrected chi connectivity index (χ0v) is 82.1. The number of carbonyl (C=O) groups is 9. The first-order chi connectivity index (χ1) is 53.9. The number of aromatic amines is 1. The van der Waals surface area contributed by atoms with Gasteiger partial charge < -0.3 is 71.1 Å². The van der Waals surface area contributed by atoms with Gasteiger partial charge in [-0.05, 0) is 155 Å². The van der Waals surface area contributed by atoms with Gasteiger partial charge in [0.15, 0.2) is 0 Å². The summed E-state index contributed by atoms with van der Waals surface area (Å²) in [5.41, 5.74) is 0.491. The monoisotopic (exact) mass is 1910 g/mol. The van der Waals surface area contributed by atoms with Gasteiger partial charge in [-0.25, -0.2) is 29.1 Å². The van der Waals surface area contributed by atoms with E-state index in [-0.39, 0.29) is 204 Å². The Morgan fingerprint density at radius 1 is 0.638 bits per heavy atom. The number of esters is 2. The van der Waals surface area contributed by atoms with Crippen molar-refractivity contribution >= 4 is 87.0 Å². The number of nitrogens with one attached hydrogen (secondary N) is 5. The molecule has 4 fully saturated rings. The maximum absolute atomic E-state index is 14.5. The maximum atomic E-state index is 14.5. The van der Waals surface area contributed by atoms with E-state index in [1.165, 1.54) is 32.5 Å². The van der Waals surface area contributed by atoms with Crippen LogP contribution in [0.5, 0.6) is 11.5 Å². The van der Waals surface area contributed by atoms with Gasteiger partial charge in [0, 0.05) is 72.0 Å². The van der Waals surface area contributed by atoms with Crippen LogP contribution < -0.4 is 174 Å². The topological polar surface area (TPSA) is 437 Å². The molecule has 0 bridgehead atoms. The second kappa shape index (κ2) is 45.5. The number of allylic oxidation sites excluding steroid dienone is 2. The molecule has 2 aliphatic carbocycles. The van der Waals surface area contributed by atoms with E-state index in [2.05, 4.69) is 51.5 Å². The Balaban J connectivity index is 0.000000329. The average molecular weight is 1910 g/mol. The molecule has 622 valence electrons. The molecule has 5 N–H and O–H groups in total. The van der Waals surface area contributed by atoms with Gasteiger partial charge in [-0.3, -0.25) is 28.2 Å². The number of nitrogens with zero attached hydrogens (tertiary/aromatic N) is 9. The number of thiazole rings is 2. The van der Waals surface area contributed by atoms with Crippen LogP contribution in [-0.4, -0.2) is 212 Å². The Labute approximate surface area is 802 Å². The van der Waals surface area contributed by atoms with Crippen molar-refractivity contribution in [2.75, 3.05) is 46.8 Å². The molecule has 10 atom stereocenters. The molecule has 6 aromatic rings. The van der Waals surface area contributed by atoms with Gasteiger partial charge in [-0.2, -0.15) is 33.7 Å². The normalized spacial score (nSPS) is 23.8. The van der Waals surface area contributed by atoms with Crippen molar-refractivity contribution in [2.45, 2.75) is 211 Å². The fourth-order valence-corrected chi connectivity index (χ4v) is 15.5. The Kier molecular flexibility index (Phi) is 38.7. The number of amides is 6. The second-order valence-corrected chi connectivity index (χ2v) is 33.0. The Morgan fingerprint density at radius 3 is 1.49 bits per heavy atom. The van der Waals surface area contributed by atoms with Gasteiger partial charge >= 0.3 is 162 Å². The van der Waals surface area contributed by atoms with Gasteiger partial charge in [0.1, 0.15) is 90.7 Å². The molecule has 2 saturated carbocycles. The van der Waals surface area contributed by atoms with Crippen molar-refractivity contribution in [1.29, 1.82) is 0 Å².